The first-order valence-corrected chi connectivity index (χ1v) is 7.29. The molecule has 0 N–H and O–H groups in total. The van der Waals surface area contributed by atoms with E-state index in [1.54, 1.807) is 42.5 Å². The second-order valence-corrected chi connectivity index (χ2v) is 5.14. The Morgan fingerprint density at radius 1 is 1.33 bits per heavy atom. The fourth-order valence-corrected chi connectivity index (χ4v) is 2.15. The van der Waals surface area contributed by atoms with Crippen LogP contribution in [0.4, 0.5) is 4.39 Å². The molecule has 0 aliphatic carbocycles. The first-order valence-electron chi connectivity index (χ1n) is 6.91. The zero-order chi connectivity index (χ0) is 17.5. The Kier molecular flexibility index (Phi) is 5.94. The van der Waals surface area contributed by atoms with Crippen molar-refractivity contribution < 1.29 is 18.7 Å². The van der Waals surface area contributed by atoms with Gasteiger partial charge < -0.3 is 9.47 Å². The van der Waals surface area contributed by atoms with Gasteiger partial charge in [0.1, 0.15) is 29.8 Å². The molecule has 0 saturated heterocycles. The lowest BCUT2D eigenvalue weighted by Crippen LogP contribution is -2.02. The summed E-state index contributed by atoms with van der Waals surface area (Å²) in [7, 11) is 1.19. The van der Waals surface area contributed by atoms with E-state index in [4.69, 9.17) is 21.6 Å². The van der Waals surface area contributed by atoms with Crippen LogP contribution >= 0.6 is 11.6 Å². The number of hydrogen-bond acceptors (Lipinski definition) is 4. The minimum Gasteiger partial charge on any atom is -0.487 e. The molecule has 0 spiro atoms. The number of hydrogen-bond donors (Lipinski definition) is 0. The average molecular weight is 346 g/mol. The predicted octanol–water partition coefficient (Wildman–Crippen LogP) is 4.14. The van der Waals surface area contributed by atoms with Crippen LogP contribution in [0.25, 0.3) is 6.08 Å². The standard InChI is InChI=1S/C18H13ClFNO3/c1-23-18(22)14(10-21)8-12-6-7-17(15(19)9-12)24-11-13-4-2-3-5-16(13)20/h2-9H,11H2,1H3/b14-8+. The topological polar surface area (TPSA) is 59.3 Å². The van der Waals surface area contributed by atoms with E-state index in [0.29, 0.717) is 16.9 Å². The summed E-state index contributed by atoms with van der Waals surface area (Å²) >= 11 is 6.13. The Labute approximate surface area is 143 Å². The quantitative estimate of drug-likeness (QED) is 0.464. The average Bonchev–Trinajstić information content (AvgIpc) is 2.59. The van der Waals surface area contributed by atoms with Crippen LogP contribution in [0.3, 0.4) is 0 Å². The Morgan fingerprint density at radius 2 is 2.08 bits per heavy atom. The Balaban J connectivity index is 2.15. The minimum absolute atomic E-state index is 0.0349. The molecular formula is C18H13ClFNO3. The van der Waals surface area contributed by atoms with Crippen molar-refractivity contribution >= 4 is 23.6 Å². The number of ether oxygens (including phenoxy) is 2. The highest BCUT2D eigenvalue weighted by molar-refractivity contribution is 6.32. The molecule has 2 aromatic carbocycles. The maximum absolute atomic E-state index is 13.6. The maximum atomic E-state index is 13.6. The number of esters is 1. The lowest BCUT2D eigenvalue weighted by atomic mass is 10.1. The van der Waals surface area contributed by atoms with E-state index in [1.807, 2.05) is 0 Å². The Bertz CT molecular complexity index is 827. The molecule has 0 amide bonds. The largest absolute Gasteiger partial charge is 0.487 e. The van der Waals surface area contributed by atoms with Crippen LogP contribution in [0.1, 0.15) is 11.1 Å². The number of nitriles is 1. The van der Waals surface area contributed by atoms with E-state index in [9.17, 15) is 9.18 Å². The molecule has 0 radical (unpaired) electrons. The van der Waals surface area contributed by atoms with Gasteiger partial charge in [-0.15, -0.1) is 0 Å². The molecule has 0 fully saturated rings. The van der Waals surface area contributed by atoms with Crippen molar-refractivity contribution in [2.45, 2.75) is 6.61 Å². The van der Waals surface area contributed by atoms with Gasteiger partial charge in [0.15, 0.2) is 0 Å². The van der Waals surface area contributed by atoms with Crippen molar-refractivity contribution in [3.05, 3.63) is 70.0 Å². The van der Waals surface area contributed by atoms with Gasteiger partial charge in [-0.05, 0) is 29.8 Å². The molecule has 0 aromatic heterocycles. The smallest absolute Gasteiger partial charge is 0.348 e. The highest BCUT2D eigenvalue weighted by atomic mass is 35.5. The third-order valence-electron chi connectivity index (χ3n) is 3.13. The van der Waals surface area contributed by atoms with Crippen LogP contribution in [-0.4, -0.2) is 13.1 Å². The molecule has 6 heteroatoms. The van der Waals surface area contributed by atoms with E-state index >= 15 is 0 Å². The van der Waals surface area contributed by atoms with Gasteiger partial charge in [-0.3, -0.25) is 0 Å². The molecule has 0 heterocycles. The van der Waals surface area contributed by atoms with Crippen LogP contribution in [0, 0.1) is 17.1 Å². The second-order valence-electron chi connectivity index (χ2n) is 4.73. The number of methoxy groups -OCH3 is 1. The maximum Gasteiger partial charge on any atom is 0.348 e. The molecule has 2 aromatic rings. The SMILES string of the molecule is COC(=O)/C(C#N)=C/c1ccc(OCc2ccccc2F)c(Cl)c1. The lowest BCUT2D eigenvalue weighted by Gasteiger charge is -2.09. The first kappa shape index (κ1) is 17.5. The van der Waals surface area contributed by atoms with Crippen LogP contribution in [0.2, 0.25) is 5.02 Å². The molecule has 0 bridgehead atoms. The van der Waals surface area contributed by atoms with Gasteiger partial charge in [0.25, 0.3) is 0 Å². The van der Waals surface area contributed by atoms with E-state index in [-0.39, 0.29) is 23.0 Å². The Morgan fingerprint density at radius 3 is 2.71 bits per heavy atom. The number of carbonyl (C=O) groups is 1. The number of rotatable bonds is 5. The van der Waals surface area contributed by atoms with Crippen LogP contribution < -0.4 is 4.74 Å². The van der Waals surface area contributed by atoms with Gasteiger partial charge in [-0.2, -0.15) is 5.26 Å². The zero-order valence-corrected chi connectivity index (χ0v) is 13.5. The van der Waals surface area contributed by atoms with Gasteiger partial charge in [0.2, 0.25) is 0 Å². The third kappa shape index (κ3) is 4.34. The van der Waals surface area contributed by atoms with Gasteiger partial charge >= 0.3 is 5.97 Å². The van der Waals surface area contributed by atoms with Gasteiger partial charge in [-0.25, -0.2) is 9.18 Å². The van der Waals surface area contributed by atoms with E-state index < -0.39 is 5.97 Å². The third-order valence-corrected chi connectivity index (χ3v) is 3.43. The molecule has 0 aliphatic heterocycles. The van der Waals surface area contributed by atoms with Crippen molar-refractivity contribution in [2.75, 3.05) is 7.11 Å². The summed E-state index contributed by atoms with van der Waals surface area (Å²) in [6.45, 7) is 0.0349. The predicted molar refractivity (Wildman–Crippen MR) is 87.8 cm³/mol. The first-order chi connectivity index (χ1) is 11.5. The van der Waals surface area contributed by atoms with E-state index in [2.05, 4.69) is 4.74 Å². The zero-order valence-electron chi connectivity index (χ0n) is 12.8. The summed E-state index contributed by atoms with van der Waals surface area (Å²) in [5.74, 6) is -0.716. The van der Waals surface area contributed by atoms with Crippen molar-refractivity contribution in [3.8, 4) is 11.8 Å². The second kappa shape index (κ2) is 8.14. The van der Waals surface area contributed by atoms with Crippen molar-refractivity contribution in [1.82, 2.24) is 0 Å². The van der Waals surface area contributed by atoms with Gasteiger partial charge in [-0.1, -0.05) is 35.9 Å². The summed E-state index contributed by atoms with van der Waals surface area (Å²) in [5.41, 5.74) is 0.809. The molecule has 0 saturated carbocycles. The highest BCUT2D eigenvalue weighted by Crippen LogP contribution is 2.27. The number of nitrogens with zero attached hydrogens (tertiary/aromatic N) is 1. The van der Waals surface area contributed by atoms with Gasteiger partial charge in [0.05, 0.1) is 12.1 Å². The molecule has 0 atom stereocenters. The normalized spacial score (nSPS) is 10.8. The molecule has 0 unspecified atom stereocenters. The number of benzene rings is 2. The van der Waals surface area contributed by atoms with Gasteiger partial charge in [0, 0.05) is 5.56 Å². The van der Waals surface area contributed by atoms with Crippen LogP contribution in [-0.2, 0) is 16.1 Å². The monoisotopic (exact) mass is 345 g/mol. The van der Waals surface area contributed by atoms with Crippen molar-refractivity contribution in [2.24, 2.45) is 0 Å². The van der Waals surface area contributed by atoms with Crippen LogP contribution in [0.5, 0.6) is 5.75 Å². The minimum atomic E-state index is -0.728. The molecule has 4 nitrogen and oxygen atoms in total. The summed E-state index contributed by atoms with van der Waals surface area (Å²) in [6.07, 6.45) is 1.36. The van der Waals surface area contributed by atoms with E-state index in [0.717, 1.165) is 0 Å². The van der Waals surface area contributed by atoms with Crippen molar-refractivity contribution in [1.29, 1.82) is 5.26 Å². The fourth-order valence-electron chi connectivity index (χ4n) is 1.91. The fraction of sp³-hybridized carbons (Fsp3) is 0.111. The summed E-state index contributed by atoms with van der Waals surface area (Å²) in [6, 6.07) is 12.8. The van der Waals surface area contributed by atoms with E-state index in [1.165, 1.54) is 19.3 Å². The lowest BCUT2D eigenvalue weighted by molar-refractivity contribution is -0.135. The summed E-state index contributed by atoms with van der Waals surface area (Å²) in [5, 5.41) is 9.22. The number of carbonyl (C=O) groups excluding carboxylic acids is 1. The summed E-state index contributed by atoms with van der Waals surface area (Å²) < 4.78 is 23.6. The summed E-state index contributed by atoms with van der Waals surface area (Å²) in [4.78, 5) is 11.4. The Hall–Kier alpha value is -2.84. The molecule has 122 valence electrons. The highest BCUT2D eigenvalue weighted by Gasteiger charge is 2.10. The molecule has 2 rings (SSSR count). The van der Waals surface area contributed by atoms with Crippen molar-refractivity contribution in [3.63, 3.8) is 0 Å². The van der Waals surface area contributed by atoms with Crippen LogP contribution in [0.15, 0.2) is 48.0 Å². The number of halogens is 2. The molecule has 24 heavy (non-hydrogen) atoms. The molecule has 0 aliphatic rings. The molecular weight excluding hydrogens is 333 g/mol.